The first-order chi connectivity index (χ1) is 8.74. The molecule has 1 heterocycles. The van der Waals surface area contributed by atoms with E-state index >= 15 is 0 Å². The van der Waals surface area contributed by atoms with E-state index in [1.807, 2.05) is 12.1 Å². The molecular formula is C15H21NO2. The second-order valence-corrected chi connectivity index (χ2v) is 5.11. The summed E-state index contributed by atoms with van der Waals surface area (Å²) >= 11 is 0. The molecule has 0 saturated carbocycles. The van der Waals surface area contributed by atoms with Crippen LogP contribution in [0.1, 0.15) is 31.2 Å². The van der Waals surface area contributed by atoms with Gasteiger partial charge in [0.1, 0.15) is 11.5 Å². The van der Waals surface area contributed by atoms with Gasteiger partial charge in [0, 0.05) is 12.8 Å². The van der Waals surface area contributed by atoms with Gasteiger partial charge in [-0.3, -0.25) is 4.79 Å². The fraction of sp³-hybridized carbons (Fsp3) is 0.533. The molecule has 0 aromatic heterocycles. The number of nitrogens with one attached hydrogen (secondary N) is 1. The van der Waals surface area contributed by atoms with Crippen LogP contribution >= 0.6 is 0 Å². The first-order valence-corrected chi connectivity index (χ1v) is 6.74. The zero-order chi connectivity index (χ0) is 12.8. The van der Waals surface area contributed by atoms with Crippen molar-refractivity contribution in [2.45, 2.75) is 32.1 Å². The summed E-state index contributed by atoms with van der Waals surface area (Å²) in [7, 11) is 0. The van der Waals surface area contributed by atoms with E-state index in [2.05, 4.69) is 5.32 Å². The standard InChI is InChI=1S/C15H21NO2/c17-14-4-2-13(3-5-14)11-15(18)6-1-12-7-9-16-10-8-12/h2-5,12,16-17H,1,6-11H2. The molecule has 0 amide bonds. The van der Waals surface area contributed by atoms with Crippen LogP contribution in [0.4, 0.5) is 0 Å². The molecule has 1 aliphatic rings. The minimum absolute atomic E-state index is 0.251. The van der Waals surface area contributed by atoms with Crippen molar-refractivity contribution in [2.24, 2.45) is 5.92 Å². The van der Waals surface area contributed by atoms with Crippen LogP contribution in [0.25, 0.3) is 0 Å². The number of benzene rings is 1. The van der Waals surface area contributed by atoms with Gasteiger partial charge in [-0.1, -0.05) is 12.1 Å². The maximum absolute atomic E-state index is 11.9. The number of ketones is 1. The van der Waals surface area contributed by atoms with Gasteiger partial charge < -0.3 is 10.4 Å². The third kappa shape index (κ3) is 4.15. The highest BCUT2D eigenvalue weighted by atomic mass is 16.3. The Labute approximate surface area is 108 Å². The van der Waals surface area contributed by atoms with Gasteiger partial charge in [0.15, 0.2) is 0 Å². The van der Waals surface area contributed by atoms with Crippen molar-refractivity contribution in [3.63, 3.8) is 0 Å². The lowest BCUT2D eigenvalue weighted by Crippen LogP contribution is -2.28. The molecule has 0 unspecified atom stereocenters. The minimum atomic E-state index is 0.251. The normalized spacial score (nSPS) is 16.7. The number of hydrogen-bond acceptors (Lipinski definition) is 3. The first kappa shape index (κ1) is 13.1. The zero-order valence-electron chi connectivity index (χ0n) is 10.7. The third-order valence-corrected chi connectivity index (χ3v) is 3.63. The van der Waals surface area contributed by atoms with E-state index < -0.39 is 0 Å². The Morgan fingerprint density at radius 1 is 1.22 bits per heavy atom. The molecule has 1 aromatic carbocycles. The highest BCUT2D eigenvalue weighted by Gasteiger charge is 2.14. The smallest absolute Gasteiger partial charge is 0.137 e. The minimum Gasteiger partial charge on any atom is -0.508 e. The monoisotopic (exact) mass is 247 g/mol. The summed E-state index contributed by atoms with van der Waals surface area (Å²) in [5, 5.41) is 12.5. The summed E-state index contributed by atoms with van der Waals surface area (Å²) in [6, 6.07) is 6.90. The van der Waals surface area contributed by atoms with Crippen LogP contribution in [-0.2, 0) is 11.2 Å². The van der Waals surface area contributed by atoms with E-state index in [-0.39, 0.29) is 5.75 Å². The van der Waals surface area contributed by atoms with E-state index in [1.165, 1.54) is 12.8 Å². The number of hydrogen-bond donors (Lipinski definition) is 2. The van der Waals surface area contributed by atoms with Crippen molar-refractivity contribution in [2.75, 3.05) is 13.1 Å². The topological polar surface area (TPSA) is 49.3 Å². The molecule has 1 aromatic rings. The molecule has 3 nitrogen and oxygen atoms in total. The number of Topliss-reactive ketones (excluding diaryl/α,β-unsaturated/α-hetero) is 1. The Morgan fingerprint density at radius 3 is 2.56 bits per heavy atom. The Hall–Kier alpha value is -1.35. The second-order valence-electron chi connectivity index (χ2n) is 5.11. The Kier molecular flexibility index (Phi) is 4.76. The molecule has 0 aliphatic carbocycles. The van der Waals surface area contributed by atoms with Crippen LogP contribution in [0.15, 0.2) is 24.3 Å². The highest BCUT2D eigenvalue weighted by Crippen LogP contribution is 2.18. The summed E-state index contributed by atoms with van der Waals surface area (Å²) in [6.45, 7) is 2.19. The fourth-order valence-corrected chi connectivity index (χ4v) is 2.47. The number of phenols is 1. The number of carbonyl (C=O) groups excluding carboxylic acids is 1. The van der Waals surface area contributed by atoms with Gasteiger partial charge in [0.2, 0.25) is 0 Å². The third-order valence-electron chi connectivity index (χ3n) is 3.63. The Bertz CT molecular complexity index is 380. The summed E-state index contributed by atoms with van der Waals surface area (Å²) in [4.78, 5) is 11.9. The average molecular weight is 247 g/mol. The van der Waals surface area contributed by atoms with Crippen molar-refractivity contribution in [1.29, 1.82) is 0 Å². The number of rotatable bonds is 5. The maximum atomic E-state index is 11.9. The van der Waals surface area contributed by atoms with Crippen molar-refractivity contribution in [3.05, 3.63) is 29.8 Å². The van der Waals surface area contributed by atoms with Crippen LogP contribution < -0.4 is 5.32 Å². The van der Waals surface area contributed by atoms with E-state index in [1.54, 1.807) is 12.1 Å². The predicted molar refractivity (Wildman–Crippen MR) is 71.6 cm³/mol. The lowest BCUT2D eigenvalue weighted by Gasteiger charge is -2.22. The van der Waals surface area contributed by atoms with Crippen LogP contribution in [0.5, 0.6) is 5.75 Å². The van der Waals surface area contributed by atoms with Gasteiger partial charge in [0.25, 0.3) is 0 Å². The molecule has 0 bridgehead atoms. The SMILES string of the molecule is O=C(CCC1CCNCC1)Cc1ccc(O)cc1. The Balaban J connectivity index is 1.73. The zero-order valence-corrected chi connectivity index (χ0v) is 10.7. The molecule has 98 valence electrons. The number of carbonyl (C=O) groups is 1. The van der Waals surface area contributed by atoms with E-state index in [4.69, 9.17) is 0 Å². The molecule has 1 fully saturated rings. The average Bonchev–Trinajstić information content (AvgIpc) is 2.40. The van der Waals surface area contributed by atoms with Crippen molar-refractivity contribution in [1.82, 2.24) is 5.32 Å². The van der Waals surface area contributed by atoms with E-state index in [0.29, 0.717) is 18.6 Å². The molecule has 2 rings (SSSR count). The quantitative estimate of drug-likeness (QED) is 0.839. The maximum Gasteiger partial charge on any atom is 0.137 e. The van der Waals surface area contributed by atoms with Crippen molar-refractivity contribution >= 4 is 5.78 Å². The van der Waals surface area contributed by atoms with Crippen molar-refractivity contribution in [3.8, 4) is 5.75 Å². The number of phenolic OH excluding ortho intramolecular Hbond substituents is 1. The molecule has 0 spiro atoms. The van der Waals surface area contributed by atoms with Crippen LogP contribution in [0, 0.1) is 5.92 Å². The summed E-state index contributed by atoms with van der Waals surface area (Å²) in [6.07, 6.45) is 4.61. The van der Waals surface area contributed by atoms with Gasteiger partial charge in [-0.05, 0) is 56.0 Å². The van der Waals surface area contributed by atoms with E-state index in [9.17, 15) is 9.90 Å². The highest BCUT2D eigenvalue weighted by molar-refractivity contribution is 5.80. The van der Waals surface area contributed by atoms with Gasteiger partial charge in [-0.25, -0.2) is 0 Å². The van der Waals surface area contributed by atoms with Gasteiger partial charge >= 0.3 is 0 Å². The van der Waals surface area contributed by atoms with Crippen LogP contribution in [-0.4, -0.2) is 24.0 Å². The molecule has 0 atom stereocenters. The largest absolute Gasteiger partial charge is 0.508 e. The lowest BCUT2D eigenvalue weighted by molar-refractivity contribution is -0.118. The van der Waals surface area contributed by atoms with Gasteiger partial charge in [-0.15, -0.1) is 0 Å². The van der Waals surface area contributed by atoms with E-state index in [0.717, 1.165) is 31.0 Å². The van der Waals surface area contributed by atoms with Gasteiger partial charge in [-0.2, -0.15) is 0 Å². The molecule has 0 radical (unpaired) electrons. The first-order valence-electron chi connectivity index (χ1n) is 6.74. The molecule has 3 heteroatoms. The van der Waals surface area contributed by atoms with Crippen LogP contribution in [0.2, 0.25) is 0 Å². The lowest BCUT2D eigenvalue weighted by atomic mass is 9.91. The molecular weight excluding hydrogens is 226 g/mol. The van der Waals surface area contributed by atoms with Crippen molar-refractivity contribution < 1.29 is 9.90 Å². The molecule has 18 heavy (non-hydrogen) atoms. The summed E-state index contributed by atoms with van der Waals surface area (Å²) in [5.41, 5.74) is 0.989. The molecule has 1 aliphatic heterocycles. The molecule has 2 N–H and O–H groups in total. The number of aromatic hydroxyl groups is 1. The number of piperidine rings is 1. The predicted octanol–water partition coefficient (Wildman–Crippen LogP) is 2.28. The summed E-state index contributed by atoms with van der Waals surface area (Å²) < 4.78 is 0. The molecule has 1 saturated heterocycles. The second kappa shape index (κ2) is 6.55. The van der Waals surface area contributed by atoms with Crippen LogP contribution in [0.3, 0.4) is 0 Å². The fourth-order valence-electron chi connectivity index (χ4n) is 2.47. The summed E-state index contributed by atoms with van der Waals surface area (Å²) in [5.74, 6) is 1.27. The Morgan fingerprint density at radius 2 is 1.89 bits per heavy atom. The van der Waals surface area contributed by atoms with Gasteiger partial charge in [0.05, 0.1) is 0 Å².